The molecule has 0 aliphatic heterocycles. The maximum Gasteiger partial charge on any atom is -0.00746 e. The van der Waals surface area contributed by atoms with E-state index in [2.05, 4.69) is 13.8 Å². The summed E-state index contributed by atoms with van der Waals surface area (Å²) in [5.41, 5.74) is 11.0. The Balaban J connectivity index is 3.62. The van der Waals surface area contributed by atoms with Gasteiger partial charge in [-0.15, -0.1) is 0 Å². The summed E-state index contributed by atoms with van der Waals surface area (Å²) in [5, 5.41) is 0. The fraction of sp³-hybridized carbons (Fsp3) is 1.00. The van der Waals surface area contributed by atoms with E-state index >= 15 is 0 Å². The zero-order valence-corrected chi connectivity index (χ0v) is 8.55. The molecule has 0 aliphatic rings. The maximum absolute atomic E-state index is 5.53. The molecule has 2 unspecified atom stereocenters. The first kappa shape index (κ1) is 11.9. The minimum absolute atomic E-state index is 0.770. The Morgan fingerprint density at radius 3 is 2.17 bits per heavy atom. The maximum atomic E-state index is 5.53. The lowest BCUT2D eigenvalue weighted by molar-refractivity contribution is 0.307. The van der Waals surface area contributed by atoms with Gasteiger partial charge in [-0.2, -0.15) is 0 Å². The molecule has 0 saturated carbocycles. The van der Waals surface area contributed by atoms with E-state index in [4.69, 9.17) is 11.5 Å². The zero-order chi connectivity index (χ0) is 9.40. The van der Waals surface area contributed by atoms with Crippen molar-refractivity contribution < 1.29 is 0 Å². The molecule has 0 fully saturated rings. The Morgan fingerprint density at radius 2 is 1.75 bits per heavy atom. The van der Waals surface area contributed by atoms with Gasteiger partial charge >= 0.3 is 0 Å². The normalized spacial score (nSPS) is 16.0. The number of hydrogen-bond acceptors (Lipinski definition) is 2. The molecule has 0 spiro atoms. The third kappa shape index (κ3) is 4.73. The van der Waals surface area contributed by atoms with Gasteiger partial charge in [0.1, 0.15) is 0 Å². The zero-order valence-electron chi connectivity index (χ0n) is 8.55. The second-order valence-corrected chi connectivity index (χ2v) is 3.65. The summed E-state index contributed by atoms with van der Waals surface area (Å²) in [6.07, 6.45) is 4.85. The van der Waals surface area contributed by atoms with Crippen LogP contribution in [0.5, 0.6) is 0 Å². The Hall–Kier alpha value is -0.0800. The van der Waals surface area contributed by atoms with Gasteiger partial charge in [-0.1, -0.05) is 20.3 Å². The third-order valence-electron chi connectivity index (χ3n) is 2.73. The molecule has 0 aliphatic carbocycles. The van der Waals surface area contributed by atoms with Crippen LogP contribution in [0, 0.1) is 11.8 Å². The highest BCUT2D eigenvalue weighted by Crippen LogP contribution is 2.22. The van der Waals surface area contributed by atoms with Crippen LogP contribution < -0.4 is 11.5 Å². The standard InChI is InChI=1S/C10H24N2/c1-3-10(5-4-7-11)9(2)6-8-12/h9-10H,3-8,11-12H2,1-2H3. The first-order chi connectivity index (χ1) is 5.76. The lowest BCUT2D eigenvalue weighted by Crippen LogP contribution is -2.16. The van der Waals surface area contributed by atoms with Crippen LogP contribution in [0.4, 0.5) is 0 Å². The van der Waals surface area contributed by atoms with E-state index in [0.29, 0.717) is 0 Å². The highest BCUT2D eigenvalue weighted by molar-refractivity contribution is 4.65. The van der Waals surface area contributed by atoms with E-state index in [1.165, 1.54) is 12.8 Å². The molecule has 74 valence electrons. The van der Waals surface area contributed by atoms with Gasteiger partial charge in [0.15, 0.2) is 0 Å². The molecule has 0 amide bonds. The summed E-state index contributed by atoms with van der Waals surface area (Å²) in [4.78, 5) is 0. The van der Waals surface area contributed by atoms with E-state index < -0.39 is 0 Å². The highest BCUT2D eigenvalue weighted by Gasteiger charge is 2.13. The molecule has 0 aromatic carbocycles. The van der Waals surface area contributed by atoms with Crippen molar-refractivity contribution in [2.45, 2.75) is 39.5 Å². The molecular formula is C10H24N2. The molecule has 0 saturated heterocycles. The molecule has 0 aromatic rings. The Labute approximate surface area is 76.7 Å². The van der Waals surface area contributed by atoms with Crippen LogP contribution in [-0.4, -0.2) is 13.1 Å². The Morgan fingerprint density at radius 1 is 1.08 bits per heavy atom. The molecule has 0 heterocycles. The van der Waals surface area contributed by atoms with Crippen LogP contribution in [0.3, 0.4) is 0 Å². The van der Waals surface area contributed by atoms with Gasteiger partial charge in [0.2, 0.25) is 0 Å². The number of nitrogens with two attached hydrogens (primary N) is 2. The summed E-state index contributed by atoms with van der Waals surface area (Å²) < 4.78 is 0. The van der Waals surface area contributed by atoms with Crippen molar-refractivity contribution in [2.75, 3.05) is 13.1 Å². The minimum Gasteiger partial charge on any atom is -0.330 e. The van der Waals surface area contributed by atoms with E-state index in [1.54, 1.807) is 0 Å². The third-order valence-corrected chi connectivity index (χ3v) is 2.73. The second-order valence-electron chi connectivity index (χ2n) is 3.65. The smallest absolute Gasteiger partial charge is 0.00746 e. The first-order valence-corrected chi connectivity index (χ1v) is 5.16. The Kier molecular flexibility index (Phi) is 7.51. The first-order valence-electron chi connectivity index (χ1n) is 5.16. The molecule has 2 atom stereocenters. The predicted octanol–water partition coefficient (Wildman–Crippen LogP) is 1.74. The molecule has 2 heteroatoms. The van der Waals surface area contributed by atoms with Gasteiger partial charge in [0.05, 0.1) is 0 Å². The summed E-state index contributed by atoms with van der Waals surface area (Å²) in [6.45, 7) is 6.21. The number of rotatable bonds is 7. The molecule has 0 rings (SSSR count). The van der Waals surface area contributed by atoms with Gasteiger partial charge < -0.3 is 11.5 Å². The quantitative estimate of drug-likeness (QED) is 0.614. The SMILES string of the molecule is CCC(CCCN)C(C)CCN. The lowest BCUT2D eigenvalue weighted by atomic mass is 9.85. The summed E-state index contributed by atoms with van der Waals surface area (Å²) in [5.74, 6) is 1.60. The van der Waals surface area contributed by atoms with Crippen molar-refractivity contribution >= 4 is 0 Å². The largest absolute Gasteiger partial charge is 0.330 e. The molecule has 2 nitrogen and oxygen atoms in total. The molecule has 0 bridgehead atoms. The molecule has 0 radical (unpaired) electrons. The fourth-order valence-electron chi connectivity index (χ4n) is 1.77. The summed E-state index contributed by atoms with van der Waals surface area (Å²) >= 11 is 0. The van der Waals surface area contributed by atoms with Gasteiger partial charge in [-0.3, -0.25) is 0 Å². The summed E-state index contributed by atoms with van der Waals surface area (Å²) in [6, 6.07) is 0. The van der Waals surface area contributed by atoms with E-state index in [1.807, 2.05) is 0 Å². The van der Waals surface area contributed by atoms with E-state index in [-0.39, 0.29) is 0 Å². The molecular weight excluding hydrogens is 148 g/mol. The molecule has 12 heavy (non-hydrogen) atoms. The van der Waals surface area contributed by atoms with Crippen molar-refractivity contribution in [3.05, 3.63) is 0 Å². The van der Waals surface area contributed by atoms with Crippen molar-refractivity contribution in [3.63, 3.8) is 0 Å². The fourth-order valence-corrected chi connectivity index (χ4v) is 1.77. The van der Waals surface area contributed by atoms with Gasteiger partial charge in [-0.25, -0.2) is 0 Å². The lowest BCUT2D eigenvalue weighted by Gasteiger charge is -2.21. The Bertz CT molecular complexity index is 93.8. The minimum atomic E-state index is 0.770. The number of hydrogen-bond donors (Lipinski definition) is 2. The van der Waals surface area contributed by atoms with Crippen LogP contribution in [0.25, 0.3) is 0 Å². The van der Waals surface area contributed by atoms with Gasteiger partial charge in [-0.05, 0) is 44.2 Å². The highest BCUT2D eigenvalue weighted by atomic mass is 14.5. The van der Waals surface area contributed by atoms with Crippen molar-refractivity contribution in [2.24, 2.45) is 23.3 Å². The molecule has 4 N–H and O–H groups in total. The topological polar surface area (TPSA) is 52.0 Å². The van der Waals surface area contributed by atoms with Crippen LogP contribution in [0.15, 0.2) is 0 Å². The van der Waals surface area contributed by atoms with Gasteiger partial charge in [0, 0.05) is 0 Å². The average Bonchev–Trinajstić information content (AvgIpc) is 2.06. The van der Waals surface area contributed by atoms with Crippen molar-refractivity contribution in [1.29, 1.82) is 0 Å². The van der Waals surface area contributed by atoms with Gasteiger partial charge in [0.25, 0.3) is 0 Å². The monoisotopic (exact) mass is 172 g/mol. The van der Waals surface area contributed by atoms with Crippen LogP contribution in [-0.2, 0) is 0 Å². The van der Waals surface area contributed by atoms with Crippen molar-refractivity contribution in [1.82, 2.24) is 0 Å². The van der Waals surface area contributed by atoms with E-state index in [9.17, 15) is 0 Å². The average molecular weight is 172 g/mol. The van der Waals surface area contributed by atoms with Crippen LogP contribution >= 0.6 is 0 Å². The second kappa shape index (κ2) is 7.56. The van der Waals surface area contributed by atoms with Crippen molar-refractivity contribution in [3.8, 4) is 0 Å². The van der Waals surface area contributed by atoms with E-state index in [0.717, 1.165) is 37.8 Å². The molecule has 0 aromatic heterocycles. The predicted molar refractivity (Wildman–Crippen MR) is 54.9 cm³/mol. The van der Waals surface area contributed by atoms with Crippen LogP contribution in [0.1, 0.15) is 39.5 Å². The summed E-state index contributed by atoms with van der Waals surface area (Å²) in [7, 11) is 0. The van der Waals surface area contributed by atoms with Crippen LogP contribution in [0.2, 0.25) is 0 Å².